The Hall–Kier alpha value is -4.47. The normalized spacial score (nSPS) is 10.4. The summed E-state index contributed by atoms with van der Waals surface area (Å²) in [4.78, 5) is 36.7. The van der Waals surface area contributed by atoms with Gasteiger partial charge < -0.3 is 15.7 Å². The maximum absolute atomic E-state index is 10.9. The van der Waals surface area contributed by atoms with Gasteiger partial charge in [0.05, 0.1) is 5.56 Å². The first-order chi connectivity index (χ1) is 14.6. The zero-order chi connectivity index (χ0) is 20.9. The fourth-order valence-corrected chi connectivity index (χ4v) is 2.55. The molecule has 0 aliphatic carbocycles. The molecule has 0 atom stereocenters. The number of carboxylic acids is 1. The van der Waals surface area contributed by atoms with E-state index in [1.807, 2.05) is 25.1 Å². The molecule has 0 bridgehead atoms. The molecule has 0 aromatic carbocycles. The van der Waals surface area contributed by atoms with E-state index in [-0.39, 0.29) is 5.56 Å². The molecule has 0 fully saturated rings. The Morgan fingerprint density at radius 2 is 1.63 bits per heavy atom. The summed E-state index contributed by atoms with van der Waals surface area (Å²) in [6.07, 6.45) is 4.48. The number of hydrogen-bond donors (Lipinski definition) is 3. The molecule has 30 heavy (non-hydrogen) atoms. The summed E-state index contributed by atoms with van der Waals surface area (Å²) < 4.78 is 0. The quantitative estimate of drug-likeness (QED) is 0.442. The van der Waals surface area contributed by atoms with E-state index >= 15 is 0 Å². The Morgan fingerprint density at radius 3 is 2.37 bits per heavy atom. The third-order valence-electron chi connectivity index (χ3n) is 3.94. The van der Waals surface area contributed by atoms with Crippen LogP contribution in [0.5, 0.6) is 0 Å². The number of hydrogen-bond acceptors (Lipinski definition) is 9. The van der Waals surface area contributed by atoms with E-state index in [0.717, 1.165) is 5.69 Å². The highest BCUT2D eigenvalue weighted by Crippen LogP contribution is 2.18. The number of carboxylic acid groups (broad SMARTS) is 1. The van der Waals surface area contributed by atoms with Crippen LogP contribution in [-0.2, 0) is 0 Å². The molecular weight excluding hydrogens is 384 g/mol. The average molecular weight is 400 g/mol. The predicted molar refractivity (Wildman–Crippen MR) is 110 cm³/mol. The van der Waals surface area contributed by atoms with Crippen molar-refractivity contribution in [3.8, 4) is 11.5 Å². The summed E-state index contributed by atoms with van der Waals surface area (Å²) in [5.74, 6) is 1.24. The van der Waals surface area contributed by atoms with Gasteiger partial charge in [-0.15, -0.1) is 0 Å². The second-order valence-electron chi connectivity index (χ2n) is 6.18. The van der Waals surface area contributed by atoms with E-state index in [1.165, 1.54) is 12.3 Å². The molecule has 148 valence electrons. The van der Waals surface area contributed by atoms with Gasteiger partial charge in [0.2, 0.25) is 5.95 Å². The third-order valence-corrected chi connectivity index (χ3v) is 3.94. The van der Waals surface area contributed by atoms with Gasteiger partial charge in [0.1, 0.15) is 23.1 Å². The second kappa shape index (κ2) is 8.27. The SMILES string of the molecule is Cc1cccc(-c2nccc(Nc3ccnc(Nc4ccc(C(=O)O)cn4)n3)n2)n1. The van der Waals surface area contributed by atoms with Gasteiger partial charge in [-0.05, 0) is 43.3 Å². The Bertz CT molecular complexity index is 1200. The van der Waals surface area contributed by atoms with Gasteiger partial charge in [-0.25, -0.2) is 29.7 Å². The van der Waals surface area contributed by atoms with Crippen LogP contribution in [0.4, 0.5) is 23.4 Å². The number of pyridine rings is 2. The maximum Gasteiger partial charge on any atom is 0.337 e. The molecule has 4 rings (SSSR count). The highest BCUT2D eigenvalue weighted by atomic mass is 16.4. The summed E-state index contributed by atoms with van der Waals surface area (Å²) in [6.45, 7) is 1.91. The fraction of sp³-hybridized carbons (Fsp3) is 0.0500. The van der Waals surface area contributed by atoms with Crippen LogP contribution in [0.15, 0.2) is 61.1 Å². The minimum atomic E-state index is -1.04. The molecule has 4 aromatic heterocycles. The van der Waals surface area contributed by atoms with Gasteiger partial charge in [-0.2, -0.15) is 4.98 Å². The Balaban J connectivity index is 1.51. The number of carbonyl (C=O) groups is 1. The molecule has 0 saturated carbocycles. The van der Waals surface area contributed by atoms with Crippen molar-refractivity contribution in [1.82, 2.24) is 29.9 Å². The molecule has 10 nitrogen and oxygen atoms in total. The van der Waals surface area contributed by atoms with Gasteiger partial charge in [0.15, 0.2) is 5.82 Å². The molecule has 3 N–H and O–H groups in total. The summed E-state index contributed by atoms with van der Waals surface area (Å²) in [6, 6.07) is 12.1. The molecule has 4 aromatic rings. The minimum absolute atomic E-state index is 0.0968. The zero-order valence-corrected chi connectivity index (χ0v) is 15.8. The molecule has 0 aliphatic rings. The van der Waals surface area contributed by atoms with Crippen LogP contribution in [-0.4, -0.2) is 41.0 Å². The number of aromatic nitrogens is 6. The monoisotopic (exact) mass is 400 g/mol. The number of nitrogens with one attached hydrogen (secondary N) is 2. The Kier molecular flexibility index (Phi) is 5.20. The highest BCUT2D eigenvalue weighted by Gasteiger charge is 2.07. The van der Waals surface area contributed by atoms with Crippen LogP contribution >= 0.6 is 0 Å². The molecule has 0 unspecified atom stereocenters. The van der Waals surface area contributed by atoms with E-state index in [9.17, 15) is 4.79 Å². The first-order valence-electron chi connectivity index (χ1n) is 8.90. The van der Waals surface area contributed by atoms with E-state index in [1.54, 1.807) is 30.6 Å². The number of anilines is 4. The highest BCUT2D eigenvalue weighted by molar-refractivity contribution is 5.87. The second-order valence-corrected chi connectivity index (χ2v) is 6.18. The van der Waals surface area contributed by atoms with Crippen molar-refractivity contribution < 1.29 is 9.90 Å². The van der Waals surface area contributed by atoms with E-state index < -0.39 is 5.97 Å². The van der Waals surface area contributed by atoms with Crippen LogP contribution in [0, 0.1) is 6.92 Å². The smallest absolute Gasteiger partial charge is 0.337 e. The summed E-state index contributed by atoms with van der Waals surface area (Å²) in [5.41, 5.74) is 1.66. The van der Waals surface area contributed by atoms with Crippen LogP contribution in [0.2, 0.25) is 0 Å². The van der Waals surface area contributed by atoms with E-state index in [4.69, 9.17) is 5.11 Å². The van der Waals surface area contributed by atoms with Crippen molar-refractivity contribution in [3.63, 3.8) is 0 Å². The van der Waals surface area contributed by atoms with Crippen LogP contribution < -0.4 is 10.6 Å². The van der Waals surface area contributed by atoms with Gasteiger partial charge in [0, 0.05) is 24.3 Å². The molecule has 4 heterocycles. The van der Waals surface area contributed by atoms with Crippen molar-refractivity contribution in [2.45, 2.75) is 6.92 Å². The van der Waals surface area contributed by atoms with Gasteiger partial charge >= 0.3 is 5.97 Å². The molecule has 10 heteroatoms. The molecule has 0 spiro atoms. The fourth-order valence-electron chi connectivity index (χ4n) is 2.55. The van der Waals surface area contributed by atoms with Crippen LogP contribution in [0.25, 0.3) is 11.5 Å². The first kappa shape index (κ1) is 18.9. The standard InChI is InChI=1S/C20H16N8O2/c1-12-3-2-4-14(24-12)18-21-9-7-16(26-18)25-17-8-10-22-20(28-17)27-15-6-5-13(11-23-15)19(29)30/h2-11H,1H3,(H,29,30)(H2,21,22,23,25,26,27,28). The topological polar surface area (TPSA) is 139 Å². The van der Waals surface area contributed by atoms with Gasteiger partial charge in [0.25, 0.3) is 0 Å². The summed E-state index contributed by atoms with van der Waals surface area (Å²) in [5, 5.41) is 15.0. The number of nitrogens with zero attached hydrogens (tertiary/aromatic N) is 6. The first-order valence-corrected chi connectivity index (χ1v) is 8.90. The predicted octanol–water partition coefficient (Wildman–Crippen LogP) is 3.22. The minimum Gasteiger partial charge on any atom is -0.478 e. The van der Waals surface area contributed by atoms with Gasteiger partial charge in [-0.3, -0.25) is 0 Å². The molecule has 0 saturated heterocycles. The van der Waals surface area contributed by atoms with Crippen molar-refractivity contribution in [2.75, 3.05) is 10.6 Å². The lowest BCUT2D eigenvalue weighted by Gasteiger charge is -2.08. The Labute approximate surface area is 171 Å². The molecule has 0 radical (unpaired) electrons. The third kappa shape index (κ3) is 4.50. The van der Waals surface area contributed by atoms with Crippen molar-refractivity contribution >= 4 is 29.4 Å². The lowest BCUT2D eigenvalue weighted by atomic mass is 10.3. The largest absolute Gasteiger partial charge is 0.478 e. The van der Waals surface area contributed by atoms with E-state index in [0.29, 0.717) is 34.9 Å². The lowest BCUT2D eigenvalue weighted by Crippen LogP contribution is -2.04. The van der Waals surface area contributed by atoms with Crippen molar-refractivity contribution in [3.05, 3.63) is 72.3 Å². The van der Waals surface area contributed by atoms with Crippen LogP contribution in [0.3, 0.4) is 0 Å². The number of aryl methyl sites for hydroxylation is 1. The number of rotatable bonds is 6. The van der Waals surface area contributed by atoms with Crippen molar-refractivity contribution in [2.24, 2.45) is 0 Å². The Morgan fingerprint density at radius 1 is 0.833 bits per heavy atom. The lowest BCUT2D eigenvalue weighted by molar-refractivity contribution is 0.0696. The average Bonchev–Trinajstić information content (AvgIpc) is 2.75. The molecule has 0 amide bonds. The zero-order valence-electron chi connectivity index (χ0n) is 15.8. The van der Waals surface area contributed by atoms with Gasteiger partial charge in [-0.1, -0.05) is 6.07 Å². The summed E-state index contributed by atoms with van der Waals surface area (Å²) in [7, 11) is 0. The molecular formula is C20H16N8O2. The number of aromatic carboxylic acids is 1. The van der Waals surface area contributed by atoms with E-state index in [2.05, 4.69) is 40.5 Å². The summed E-state index contributed by atoms with van der Waals surface area (Å²) >= 11 is 0. The maximum atomic E-state index is 10.9. The van der Waals surface area contributed by atoms with Crippen LogP contribution in [0.1, 0.15) is 16.1 Å². The molecule has 0 aliphatic heterocycles. The van der Waals surface area contributed by atoms with Crippen molar-refractivity contribution in [1.29, 1.82) is 0 Å².